The molecule has 1 aliphatic carbocycles. The molecule has 1 saturated carbocycles. The monoisotopic (exact) mass is 206 g/mol. The molecule has 0 unspecified atom stereocenters. The summed E-state index contributed by atoms with van der Waals surface area (Å²) < 4.78 is 12.6. The molecule has 0 bridgehead atoms. The second kappa shape index (κ2) is 3.85. The molecule has 1 N–H and O–H groups in total. The molecule has 0 aliphatic heterocycles. The molecule has 0 atom stereocenters. The molecule has 1 fully saturated rings. The topological polar surface area (TPSA) is 37.3 Å². The highest BCUT2D eigenvalue weighted by molar-refractivity contribution is 5.93. The van der Waals surface area contributed by atoms with Gasteiger partial charge in [-0.2, -0.15) is 0 Å². The van der Waals surface area contributed by atoms with Crippen LogP contribution >= 0.6 is 0 Å². The van der Waals surface area contributed by atoms with Gasteiger partial charge in [-0.3, -0.25) is 0 Å². The van der Waals surface area contributed by atoms with Crippen LogP contribution in [0.3, 0.4) is 0 Å². The highest BCUT2D eigenvalue weighted by atomic mass is 19.1. The standard InChI is InChI=1S/C12H11FO2/c13-10-5-1-8(2-6-10)7-11(12(14)15)9-3-4-9/h1-2,5-7,9H,3-4H2,(H,14,15)/b11-7-. The third-order valence-corrected chi connectivity index (χ3v) is 2.46. The zero-order chi connectivity index (χ0) is 10.8. The van der Waals surface area contributed by atoms with Gasteiger partial charge < -0.3 is 5.11 Å². The number of aliphatic carboxylic acids is 1. The summed E-state index contributed by atoms with van der Waals surface area (Å²) in [6, 6.07) is 5.83. The van der Waals surface area contributed by atoms with Crippen molar-refractivity contribution in [2.24, 2.45) is 5.92 Å². The van der Waals surface area contributed by atoms with Crippen LogP contribution < -0.4 is 0 Å². The number of carboxylic acid groups (broad SMARTS) is 1. The molecule has 3 heteroatoms. The molecule has 0 saturated heterocycles. The number of carbonyl (C=O) groups is 1. The molecule has 15 heavy (non-hydrogen) atoms. The van der Waals surface area contributed by atoms with Crippen LogP contribution in [0.25, 0.3) is 6.08 Å². The molecule has 1 aromatic carbocycles. The fourth-order valence-corrected chi connectivity index (χ4v) is 1.49. The maximum Gasteiger partial charge on any atom is 0.331 e. The van der Waals surface area contributed by atoms with Gasteiger partial charge in [0, 0.05) is 5.57 Å². The molecule has 0 heterocycles. The van der Waals surface area contributed by atoms with Crippen LogP contribution in [0.1, 0.15) is 18.4 Å². The van der Waals surface area contributed by atoms with Crippen LogP contribution in [0.15, 0.2) is 29.8 Å². The normalized spacial score (nSPS) is 16.5. The summed E-state index contributed by atoms with van der Waals surface area (Å²) >= 11 is 0. The first-order valence-corrected chi connectivity index (χ1v) is 4.87. The Kier molecular flexibility index (Phi) is 2.54. The van der Waals surface area contributed by atoms with Crippen molar-refractivity contribution in [1.82, 2.24) is 0 Å². The summed E-state index contributed by atoms with van der Waals surface area (Å²) in [7, 11) is 0. The van der Waals surface area contributed by atoms with Crippen molar-refractivity contribution < 1.29 is 14.3 Å². The summed E-state index contributed by atoms with van der Waals surface area (Å²) in [6.45, 7) is 0. The number of benzene rings is 1. The molecule has 1 aliphatic rings. The SMILES string of the molecule is O=C(O)/C(=C\c1ccc(F)cc1)C1CC1. The van der Waals surface area contributed by atoms with Crippen LogP contribution in [0, 0.1) is 11.7 Å². The van der Waals surface area contributed by atoms with E-state index in [9.17, 15) is 9.18 Å². The van der Waals surface area contributed by atoms with Gasteiger partial charge in [-0.1, -0.05) is 12.1 Å². The van der Waals surface area contributed by atoms with E-state index in [-0.39, 0.29) is 11.7 Å². The predicted molar refractivity (Wildman–Crippen MR) is 54.7 cm³/mol. The minimum absolute atomic E-state index is 0.188. The van der Waals surface area contributed by atoms with E-state index in [1.807, 2.05) is 0 Å². The smallest absolute Gasteiger partial charge is 0.331 e. The Labute approximate surface area is 87.0 Å². The van der Waals surface area contributed by atoms with Gasteiger partial charge >= 0.3 is 5.97 Å². The van der Waals surface area contributed by atoms with Crippen molar-refractivity contribution in [1.29, 1.82) is 0 Å². The fraction of sp³-hybridized carbons (Fsp3) is 0.250. The van der Waals surface area contributed by atoms with Crippen molar-refractivity contribution in [3.8, 4) is 0 Å². The van der Waals surface area contributed by atoms with Crippen LogP contribution in [0.5, 0.6) is 0 Å². The van der Waals surface area contributed by atoms with Crippen molar-refractivity contribution in [3.05, 3.63) is 41.2 Å². The maximum absolute atomic E-state index is 12.6. The molecule has 0 amide bonds. The molecule has 0 spiro atoms. The van der Waals surface area contributed by atoms with Gasteiger partial charge in [0.15, 0.2) is 0 Å². The number of carboxylic acids is 1. The second-order valence-corrected chi connectivity index (χ2v) is 3.73. The van der Waals surface area contributed by atoms with Gasteiger partial charge in [0.1, 0.15) is 5.82 Å². The van der Waals surface area contributed by atoms with E-state index in [1.165, 1.54) is 12.1 Å². The summed E-state index contributed by atoms with van der Waals surface area (Å²) in [6.07, 6.45) is 3.51. The molecule has 0 aromatic heterocycles. The summed E-state index contributed by atoms with van der Waals surface area (Å²) in [5, 5.41) is 8.96. The molecule has 78 valence electrons. The Morgan fingerprint density at radius 3 is 2.40 bits per heavy atom. The lowest BCUT2D eigenvalue weighted by Gasteiger charge is -1.99. The van der Waals surface area contributed by atoms with E-state index >= 15 is 0 Å². The first kappa shape index (κ1) is 9.90. The Morgan fingerprint density at radius 2 is 1.93 bits per heavy atom. The van der Waals surface area contributed by atoms with E-state index in [2.05, 4.69) is 0 Å². The van der Waals surface area contributed by atoms with E-state index in [1.54, 1.807) is 18.2 Å². The third kappa shape index (κ3) is 2.43. The second-order valence-electron chi connectivity index (χ2n) is 3.73. The molecule has 2 nitrogen and oxygen atoms in total. The highest BCUT2D eigenvalue weighted by Crippen LogP contribution is 2.37. The Hall–Kier alpha value is -1.64. The van der Waals surface area contributed by atoms with Gasteiger partial charge in [-0.15, -0.1) is 0 Å². The average Bonchev–Trinajstić information content (AvgIpc) is 3.00. The summed E-state index contributed by atoms with van der Waals surface area (Å²) in [5.74, 6) is -0.996. The first-order chi connectivity index (χ1) is 7.16. The lowest BCUT2D eigenvalue weighted by molar-refractivity contribution is -0.132. The Balaban J connectivity index is 2.26. The van der Waals surface area contributed by atoms with Gasteiger partial charge in [-0.25, -0.2) is 9.18 Å². The molecule has 2 rings (SSSR count). The van der Waals surface area contributed by atoms with Crippen LogP contribution in [-0.2, 0) is 4.79 Å². The number of halogens is 1. The quantitative estimate of drug-likeness (QED) is 0.772. The Morgan fingerprint density at radius 1 is 1.33 bits per heavy atom. The minimum Gasteiger partial charge on any atom is -0.478 e. The van der Waals surface area contributed by atoms with Crippen LogP contribution in [0.4, 0.5) is 4.39 Å². The van der Waals surface area contributed by atoms with E-state index in [0.717, 1.165) is 18.4 Å². The number of hydrogen-bond acceptors (Lipinski definition) is 1. The number of rotatable bonds is 3. The third-order valence-electron chi connectivity index (χ3n) is 2.46. The average molecular weight is 206 g/mol. The van der Waals surface area contributed by atoms with E-state index < -0.39 is 5.97 Å². The predicted octanol–water partition coefficient (Wildman–Crippen LogP) is 2.70. The van der Waals surface area contributed by atoms with Gasteiger partial charge in [0.25, 0.3) is 0 Å². The number of hydrogen-bond donors (Lipinski definition) is 1. The fourth-order valence-electron chi connectivity index (χ4n) is 1.49. The van der Waals surface area contributed by atoms with E-state index in [4.69, 9.17) is 5.11 Å². The molecular weight excluding hydrogens is 195 g/mol. The highest BCUT2D eigenvalue weighted by Gasteiger charge is 2.30. The van der Waals surface area contributed by atoms with Crippen molar-refractivity contribution in [2.45, 2.75) is 12.8 Å². The molecule has 0 radical (unpaired) electrons. The van der Waals surface area contributed by atoms with Crippen molar-refractivity contribution in [3.63, 3.8) is 0 Å². The largest absolute Gasteiger partial charge is 0.478 e. The summed E-state index contributed by atoms with van der Waals surface area (Å²) in [4.78, 5) is 10.9. The van der Waals surface area contributed by atoms with Gasteiger partial charge in [-0.05, 0) is 42.5 Å². The molecular formula is C12H11FO2. The van der Waals surface area contributed by atoms with Crippen LogP contribution in [-0.4, -0.2) is 11.1 Å². The lowest BCUT2D eigenvalue weighted by Crippen LogP contribution is -2.01. The van der Waals surface area contributed by atoms with E-state index in [0.29, 0.717) is 5.57 Å². The van der Waals surface area contributed by atoms with Crippen molar-refractivity contribution >= 4 is 12.0 Å². The minimum atomic E-state index is -0.873. The van der Waals surface area contributed by atoms with Crippen molar-refractivity contribution in [2.75, 3.05) is 0 Å². The zero-order valence-electron chi connectivity index (χ0n) is 8.11. The maximum atomic E-state index is 12.6. The molecule has 1 aromatic rings. The van der Waals surface area contributed by atoms with Gasteiger partial charge in [0.2, 0.25) is 0 Å². The lowest BCUT2D eigenvalue weighted by atomic mass is 10.1. The van der Waals surface area contributed by atoms with Crippen LogP contribution in [0.2, 0.25) is 0 Å². The summed E-state index contributed by atoms with van der Waals surface area (Å²) in [5.41, 5.74) is 1.17. The first-order valence-electron chi connectivity index (χ1n) is 4.87. The van der Waals surface area contributed by atoms with Gasteiger partial charge in [0.05, 0.1) is 0 Å². The Bertz CT molecular complexity index is 402. The zero-order valence-corrected chi connectivity index (χ0v) is 8.11.